The van der Waals surface area contributed by atoms with E-state index in [-0.39, 0.29) is 0 Å². The number of rotatable bonds is 4. The van der Waals surface area contributed by atoms with E-state index in [0.29, 0.717) is 0 Å². The Balaban J connectivity index is 0.000000161. The maximum atomic E-state index is 5.35. The maximum Gasteiger partial charge on any atom is 0.124 e. The number of nitrogens with zero attached hydrogens (tertiary/aromatic N) is 4. The highest BCUT2D eigenvalue weighted by Crippen LogP contribution is 2.31. The summed E-state index contributed by atoms with van der Waals surface area (Å²) in [5.74, 6) is 0. The summed E-state index contributed by atoms with van der Waals surface area (Å²) < 4.78 is 5.48. The van der Waals surface area contributed by atoms with E-state index in [1.807, 2.05) is 96.0 Å². The van der Waals surface area contributed by atoms with E-state index in [0.717, 1.165) is 54.3 Å². The van der Waals surface area contributed by atoms with Crippen LogP contribution in [0.25, 0.3) is 45.0 Å². The van der Waals surface area contributed by atoms with E-state index in [2.05, 4.69) is 58.5 Å². The molecule has 6 aromatic rings. The Morgan fingerprint density at radius 2 is 0.700 bits per heavy atom. The van der Waals surface area contributed by atoms with Crippen LogP contribution >= 0.6 is 24.4 Å². The third-order valence-electron chi connectivity index (χ3n) is 6.58. The van der Waals surface area contributed by atoms with Crippen molar-refractivity contribution >= 4 is 24.4 Å². The van der Waals surface area contributed by atoms with Gasteiger partial charge in [-0.3, -0.25) is 9.97 Å². The molecule has 196 valence electrons. The van der Waals surface area contributed by atoms with Crippen molar-refractivity contribution in [3.05, 3.63) is 143 Å². The summed E-state index contributed by atoms with van der Waals surface area (Å²) in [6.07, 6.45) is 3.48. The van der Waals surface area contributed by atoms with Gasteiger partial charge >= 0.3 is 0 Å². The monoisotopic (exact) mass is 556 g/mol. The van der Waals surface area contributed by atoms with Crippen LogP contribution in [0.1, 0.15) is 0 Å². The van der Waals surface area contributed by atoms with Crippen LogP contribution in [0.4, 0.5) is 0 Å². The van der Waals surface area contributed by atoms with Gasteiger partial charge in [-0.05, 0) is 0 Å². The fourth-order valence-corrected chi connectivity index (χ4v) is 4.83. The fourth-order valence-electron chi connectivity index (χ4n) is 4.54. The van der Waals surface area contributed by atoms with Crippen LogP contribution in [0.3, 0.4) is 0 Å². The van der Waals surface area contributed by atoms with Gasteiger partial charge < -0.3 is 9.13 Å². The lowest BCUT2D eigenvalue weighted by atomic mass is 10.0. The molecule has 0 radical (unpaired) electrons. The van der Waals surface area contributed by atoms with Crippen LogP contribution in [0, 0.1) is 9.28 Å². The van der Waals surface area contributed by atoms with Crippen molar-refractivity contribution in [1.82, 2.24) is 19.1 Å². The van der Waals surface area contributed by atoms with E-state index in [4.69, 9.17) is 24.4 Å². The lowest BCUT2D eigenvalue weighted by Crippen LogP contribution is -2.02. The second kappa shape index (κ2) is 12.6. The van der Waals surface area contributed by atoms with Gasteiger partial charge in [-0.2, -0.15) is 0 Å². The summed E-state index contributed by atoms with van der Waals surface area (Å²) in [5.41, 5.74) is 8.42. The van der Waals surface area contributed by atoms with Crippen molar-refractivity contribution in [2.75, 3.05) is 0 Å². The Kier molecular flexibility index (Phi) is 8.50. The van der Waals surface area contributed by atoms with Crippen molar-refractivity contribution in [3.8, 4) is 45.0 Å². The van der Waals surface area contributed by atoms with Crippen molar-refractivity contribution in [3.63, 3.8) is 0 Å². The first-order valence-corrected chi connectivity index (χ1v) is 13.7. The zero-order chi connectivity index (χ0) is 27.9. The molecule has 0 fully saturated rings. The minimum atomic E-state index is 0.725. The molecule has 2 heterocycles. The SMILES string of the molecule is Cn1c(-c2ccccc2)c(-c2ccccc2)ncc1=S.Cn1c(-c2ccccc2)c(-c2ccccc2)ncc1=S. The minimum absolute atomic E-state index is 0.725. The molecule has 6 heteroatoms. The Morgan fingerprint density at radius 1 is 0.425 bits per heavy atom. The molecule has 4 nitrogen and oxygen atoms in total. The first kappa shape index (κ1) is 27.1. The Hall–Kier alpha value is -4.52. The van der Waals surface area contributed by atoms with Gasteiger partial charge in [0.2, 0.25) is 0 Å². The van der Waals surface area contributed by atoms with E-state index >= 15 is 0 Å². The molecule has 6 rings (SSSR count). The predicted octanol–water partition coefficient (Wildman–Crippen LogP) is 8.97. The molecule has 0 aliphatic carbocycles. The Labute approximate surface area is 244 Å². The predicted molar refractivity (Wildman–Crippen MR) is 170 cm³/mol. The van der Waals surface area contributed by atoms with E-state index in [9.17, 15) is 0 Å². The van der Waals surface area contributed by atoms with Gasteiger partial charge in [-0.1, -0.05) is 146 Å². The highest BCUT2D eigenvalue weighted by molar-refractivity contribution is 7.71. The molecule has 0 saturated heterocycles. The molecular weight excluding hydrogens is 529 g/mol. The number of aromatic nitrogens is 4. The van der Waals surface area contributed by atoms with E-state index in [1.54, 1.807) is 12.4 Å². The second-order valence-corrected chi connectivity index (χ2v) is 10.0. The zero-order valence-electron chi connectivity index (χ0n) is 22.3. The highest BCUT2D eigenvalue weighted by atomic mass is 32.1. The summed E-state index contributed by atoms with van der Waals surface area (Å²) in [7, 11) is 3.97. The van der Waals surface area contributed by atoms with Crippen LogP contribution in [0.2, 0.25) is 0 Å². The molecule has 0 bridgehead atoms. The molecule has 0 spiro atoms. The molecule has 0 amide bonds. The van der Waals surface area contributed by atoms with Crippen LogP contribution < -0.4 is 0 Å². The molecule has 0 N–H and O–H groups in total. The summed E-state index contributed by atoms with van der Waals surface area (Å²) in [6, 6.07) is 40.8. The molecular formula is C34H28N4S2. The van der Waals surface area contributed by atoms with Crippen LogP contribution in [-0.4, -0.2) is 19.1 Å². The first-order valence-electron chi connectivity index (χ1n) is 12.9. The summed E-state index contributed by atoms with van der Waals surface area (Å²) in [5, 5.41) is 0. The second-order valence-electron chi connectivity index (χ2n) is 9.17. The van der Waals surface area contributed by atoms with Crippen molar-refractivity contribution < 1.29 is 0 Å². The van der Waals surface area contributed by atoms with Crippen molar-refractivity contribution in [1.29, 1.82) is 0 Å². The summed E-state index contributed by atoms with van der Waals surface area (Å²) in [6.45, 7) is 0. The Bertz CT molecular complexity index is 1690. The van der Waals surface area contributed by atoms with Gasteiger partial charge in [0.25, 0.3) is 0 Å². The normalized spacial score (nSPS) is 10.4. The van der Waals surface area contributed by atoms with Crippen LogP contribution in [0.15, 0.2) is 134 Å². The maximum absolute atomic E-state index is 5.35. The van der Waals surface area contributed by atoms with Crippen LogP contribution in [0.5, 0.6) is 0 Å². The lowest BCUT2D eigenvalue weighted by Gasteiger charge is -2.14. The summed E-state index contributed by atoms with van der Waals surface area (Å²) >= 11 is 10.7. The topological polar surface area (TPSA) is 35.6 Å². The Morgan fingerprint density at radius 3 is 1.00 bits per heavy atom. The first-order chi connectivity index (χ1) is 19.5. The number of hydrogen-bond acceptors (Lipinski definition) is 4. The molecule has 0 saturated carbocycles. The van der Waals surface area contributed by atoms with Crippen LogP contribution in [-0.2, 0) is 14.1 Å². The molecule has 4 aromatic carbocycles. The third kappa shape index (κ3) is 5.88. The quantitative estimate of drug-likeness (QED) is 0.203. The molecule has 0 unspecified atom stereocenters. The average molecular weight is 557 g/mol. The number of hydrogen-bond donors (Lipinski definition) is 0. The smallest absolute Gasteiger partial charge is 0.124 e. The van der Waals surface area contributed by atoms with Gasteiger partial charge in [0, 0.05) is 36.3 Å². The molecule has 0 aliphatic heterocycles. The van der Waals surface area contributed by atoms with E-state index in [1.165, 1.54) is 0 Å². The van der Waals surface area contributed by atoms with Crippen molar-refractivity contribution in [2.24, 2.45) is 14.1 Å². The van der Waals surface area contributed by atoms with Gasteiger partial charge in [0.05, 0.1) is 35.2 Å². The zero-order valence-corrected chi connectivity index (χ0v) is 23.9. The largest absolute Gasteiger partial charge is 0.332 e. The average Bonchev–Trinajstić information content (AvgIpc) is 3.02. The minimum Gasteiger partial charge on any atom is -0.332 e. The lowest BCUT2D eigenvalue weighted by molar-refractivity contribution is 0.882. The third-order valence-corrected chi connectivity index (χ3v) is 7.34. The van der Waals surface area contributed by atoms with Gasteiger partial charge in [-0.25, -0.2) is 0 Å². The molecule has 2 aromatic heterocycles. The molecule has 0 aliphatic rings. The number of benzene rings is 4. The molecule has 0 atom stereocenters. The van der Waals surface area contributed by atoms with Gasteiger partial charge in [-0.15, -0.1) is 0 Å². The summed E-state index contributed by atoms with van der Waals surface area (Å²) in [4.78, 5) is 9.12. The molecule has 40 heavy (non-hydrogen) atoms. The van der Waals surface area contributed by atoms with Gasteiger partial charge in [0.15, 0.2) is 0 Å². The fraction of sp³-hybridized carbons (Fsp3) is 0.0588. The van der Waals surface area contributed by atoms with Crippen molar-refractivity contribution in [2.45, 2.75) is 0 Å². The standard InChI is InChI=1S/2C17H14N2S/c2*1-19-15(20)12-18-16(13-8-4-2-5-9-13)17(19)14-10-6-3-7-11-14/h2*2-12H,1H3. The van der Waals surface area contributed by atoms with Gasteiger partial charge in [0.1, 0.15) is 9.28 Å². The van der Waals surface area contributed by atoms with E-state index < -0.39 is 0 Å². The highest BCUT2D eigenvalue weighted by Gasteiger charge is 2.13.